The van der Waals surface area contributed by atoms with Gasteiger partial charge in [-0.25, -0.2) is 4.68 Å². The molecule has 2 fully saturated rings. The third-order valence-electron chi connectivity index (χ3n) is 8.41. The molecular weight excluding hydrogens is 518 g/mol. The summed E-state index contributed by atoms with van der Waals surface area (Å²) in [6, 6.07) is 6.10. The maximum absolute atomic E-state index is 14.5. The fraction of sp³-hybridized carbons (Fsp3) is 0.536. The van der Waals surface area contributed by atoms with Crippen molar-refractivity contribution in [3.8, 4) is 0 Å². The van der Waals surface area contributed by atoms with E-state index in [9.17, 15) is 19.5 Å². The fourth-order valence-electron chi connectivity index (χ4n) is 6.53. The van der Waals surface area contributed by atoms with E-state index < -0.39 is 34.6 Å². The number of nitrogens with zero attached hydrogens (tertiary/aromatic N) is 5. The number of amides is 2. The van der Waals surface area contributed by atoms with Gasteiger partial charge >= 0.3 is 5.97 Å². The molecule has 5 heterocycles. The number of hydrogen-bond acceptors (Lipinski definition) is 8. The van der Waals surface area contributed by atoms with Gasteiger partial charge in [0.05, 0.1) is 41.4 Å². The normalized spacial score (nSPS) is 32.3. The molecule has 1 N–H and O–H groups in total. The first kappa shape index (κ1) is 26.1. The SMILES string of the molecule is CC(C)[C@H](CO)N1C(=O)[C@@H]2[C@H]3C(=O)OCCC/C=C\[C@H]3S[C@@]23C=CCN(Cn2nnc4ccccc42)C(=O)C13. The molecule has 2 amide bonds. The minimum Gasteiger partial charge on any atom is -0.465 e. The number of carbonyl (C=O) groups is 3. The van der Waals surface area contributed by atoms with Crippen LogP contribution in [-0.4, -0.2) is 89.5 Å². The standard InChI is InChI=1S/C28H33N5O5S/c1-17(2)20(15-34)33-24-26(36)31(16-32-19-10-6-5-9-18(19)29-30-32)13-8-12-28(24)23(25(33)35)22-21(39-28)11-4-3-7-14-38-27(22)37/h4-6,8-12,17,20-24,34H,3,7,13-16H2,1-2H3/b11-4-/t20-,21+,22-,23-,24?,28-/m0/s1. The summed E-state index contributed by atoms with van der Waals surface area (Å²) in [5, 5.41) is 18.6. The number of cyclic esters (lactones) is 1. The van der Waals surface area contributed by atoms with Crippen LogP contribution in [-0.2, 0) is 25.8 Å². The largest absolute Gasteiger partial charge is 0.465 e. The number of para-hydroxylation sites is 1. The number of carbonyl (C=O) groups excluding carboxylic acids is 3. The molecule has 0 saturated carbocycles. The summed E-state index contributed by atoms with van der Waals surface area (Å²) in [4.78, 5) is 45.5. The lowest BCUT2D eigenvalue weighted by molar-refractivity contribution is -0.154. The van der Waals surface area contributed by atoms with Gasteiger partial charge in [-0.3, -0.25) is 14.4 Å². The summed E-state index contributed by atoms with van der Waals surface area (Å²) in [6.45, 7) is 4.36. The van der Waals surface area contributed by atoms with Crippen LogP contribution in [0.5, 0.6) is 0 Å². The van der Waals surface area contributed by atoms with E-state index in [4.69, 9.17) is 4.74 Å². The molecule has 2 aromatic rings. The van der Waals surface area contributed by atoms with Crippen LogP contribution in [0.1, 0.15) is 26.7 Å². The Morgan fingerprint density at radius 2 is 2.00 bits per heavy atom. The van der Waals surface area contributed by atoms with Gasteiger partial charge in [0.1, 0.15) is 18.2 Å². The molecule has 0 aliphatic carbocycles. The van der Waals surface area contributed by atoms with Crippen molar-refractivity contribution in [1.29, 1.82) is 0 Å². The molecule has 39 heavy (non-hydrogen) atoms. The molecular formula is C28H33N5O5S. The number of aliphatic hydroxyl groups is 1. The molecule has 206 valence electrons. The zero-order valence-corrected chi connectivity index (χ0v) is 22.9. The number of likely N-dealkylation sites (tertiary alicyclic amines) is 1. The van der Waals surface area contributed by atoms with E-state index in [2.05, 4.69) is 16.4 Å². The predicted octanol–water partition coefficient (Wildman–Crippen LogP) is 1.99. The molecule has 2 saturated heterocycles. The van der Waals surface area contributed by atoms with Crippen molar-refractivity contribution in [1.82, 2.24) is 24.8 Å². The highest BCUT2D eigenvalue weighted by atomic mass is 32.2. The van der Waals surface area contributed by atoms with E-state index in [1.165, 1.54) is 11.8 Å². The lowest BCUT2D eigenvalue weighted by atomic mass is 9.78. The number of allylic oxidation sites excluding steroid dienone is 1. The quantitative estimate of drug-likeness (QED) is 0.443. The van der Waals surface area contributed by atoms with Crippen molar-refractivity contribution in [3.05, 3.63) is 48.6 Å². The number of aromatic nitrogens is 3. The van der Waals surface area contributed by atoms with Crippen LogP contribution in [0.3, 0.4) is 0 Å². The zero-order valence-electron chi connectivity index (χ0n) is 22.1. The van der Waals surface area contributed by atoms with Crippen molar-refractivity contribution in [3.63, 3.8) is 0 Å². The molecule has 0 radical (unpaired) electrons. The number of aliphatic hydroxyl groups excluding tert-OH is 1. The van der Waals surface area contributed by atoms with Crippen LogP contribution in [0, 0.1) is 17.8 Å². The highest BCUT2D eigenvalue weighted by Crippen LogP contribution is 2.61. The molecule has 4 aliphatic heterocycles. The average molecular weight is 552 g/mol. The van der Waals surface area contributed by atoms with Gasteiger partial charge in [0, 0.05) is 11.8 Å². The summed E-state index contributed by atoms with van der Waals surface area (Å²) >= 11 is 1.51. The summed E-state index contributed by atoms with van der Waals surface area (Å²) in [5.41, 5.74) is 1.53. The second-order valence-corrected chi connectivity index (χ2v) is 12.5. The van der Waals surface area contributed by atoms with E-state index in [1.54, 1.807) is 14.5 Å². The highest BCUT2D eigenvalue weighted by molar-refractivity contribution is 8.02. The van der Waals surface area contributed by atoms with Gasteiger partial charge in [-0.2, -0.15) is 0 Å². The molecule has 1 unspecified atom stereocenters. The average Bonchev–Trinajstić information content (AvgIpc) is 3.52. The smallest absolute Gasteiger partial charge is 0.311 e. The number of hydrogen-bond donors (Lipinski definition) is 1. The lowest BCUT2D eigenvalue weighted by Gasteiger charge is -2.39. The lowest BCUT2D eigenvalue weighted by Crippen LogP contribution is -2.57. The van der Waals surface area contributed by atoms with Gasteiger partial charge in [-0.05, 0) is 30.9 Å². The first-order chi connectivity index (χ1) is 18.9. The third-order valence-corrected chi connectivity index (χ3v) is 10.2. The number of ether oxygens (including phenoxy) is 1. The molecule has 6 rings (SSSR count). The second kappa shape index (κ2) is 10.1. The Labute approximate surface area is 231 Å². The summed E-state index contributed by atoms with van der Waals surface area (Å²) in [6.07, 6.45) is 9.48. The number of rotatable bonds is 5. The van der Waals surface area contributed by atoms with Crippen LogP contribution in [0.25, 0.3) is 11.0 Å². The molecule has 11 heteroatoms. The van der Waals surface area contributed by atoms with Gasteiger partial charge in [0.25, 0.3) is 0 Å². The van der Waals surface area contributed by atoms with Crippen LogP contribution in [0.4, 0.5) is 0 Å². The van der Waals surface area contributed by atoms with Gasteiger partial charge in [0.15, 0.2) is 0 Å². The minimum absolute atomic E-state index is 0.101. The van der Waals surface area contributed by atoms with Crippen LogP contribution < -0.4 is 0 Å². The summed E-state index contributed by atoms with van der Waals surface area (Å²) in [5.74, 6) is -2.48. The monoisotopic (exact) mass is 551 g/mol. The first-order valence-electron chi connectivity index (χ1n) is 13.6. The summed E-state index contributed by atoms with van der Waals surface area (Å²) in [7, 11) is 0. The van der Waals surface area contributed by atoms with E-state index in [0.29, 0.717) is 13.2 Å². The predicted molar refractivity (Wildman–Crippen MR) is 145 cm³/mol. The summed E-state index contributed by atoms with van der Waals surface area (Å²) < 4.78 is 6.34. The van der Waals surface area contributed by atoms with E-state index in [1.807, 2.05) is 56.3 Å². The fourth-order valence-corrected chi connectivity index (χ4v) is 8.52. The number of thioether (sulfide) groups is 1. The Bertz CT molecular complexity index is 1360. The van der Waals surface area contributed by atoms with Crippen LogP contribution >= 0.6 is 11.8 Å². The van der Waals surface area contributed by atoms with Crippen molar-refractivity contribution in [2.75, 3.05) is 19.8 Å². The third kappa shape index (κ3) is 4.09. The molecule has 6 atom stereocenters. The number of fused-ring (bicyclic) bond motifs is 3. The zero-order chi connectivity index (χ0) is 27.3. The van der Waals surface area contributed by atoms with Crippen LogP contribution in [0.2, 0.25) is 0 Å². The van der Waals surface area contributed by atoms with Crippen molar-refractivity contribution in [2.24, 2.45) is 17.8 Å². The van der Waals surface area contributed by atoms with Gasteiger partial charge < -0.3 is 19.6 Å². The number of benzene rings is 1. The van der Waals surface area contributed by atoms with E-state index >= 15 is 0 Å². The van der Waals surface area contributed by atoms with E-state index in [-0.39, 0.29) is 36.3 Å². The maximum Gasteiger partial charge on any atom is 0.311 e. The van der Waals surface area contributed by atoms with Crippen molar-refractivity contribution >= 4 is 40.6 Å². The Balaban J connectivity index is 1.44. The molecule has 1 aromatic heterocycles. The first-order valence-corrected chi connectivity index (χ1v) is 14.4. The minimum atomic E-state index is -0.965. The van der Waals surface area contributed by atoms with Crippen molar-refractivity contribution in [2.45, 2.75) is 55.4 Å². The van der Waals surface area contributed by atoms with Gasteiger partial charge in [-0.15, -0.1) is 16.9 Å². The molecule has 1 spiro atoms. The Kier molecular flexibility index (Phi) is 6.74. The van der Waals surface area contributed by atoms with Crippen LogP contribution in [0.15, 0.2) is 48.6 Å². The number of esters is 1. The molecule has 10 nitrogen and oxygen atoms in total. The highest BCUT2D eigenvalue weighted by Gasteiger charge is 2.71. The van der Waals surface area contributed by atoms with E-state index in [0.717, 1.165) is 23.9 Å². The molecule has 4 aliphatic rings. The topological polar surface area (TPSA) is 118 Å². The Hall–Kier alpha value is -3.18. The van der Waals surface area contributed by atoms with Gasteiger partial charge in [-0.1, -0.05) is 55.5 Å². The Morgan fingerprint density at radius 1 is 1.18 bits per heavy atom. The molecule has 1 aromatic carbocycles. The van der Waals surface area contributed by atoms with Crippen molar-refractivity contribution < 1.29 is 24.2 Å². The van der Waals surface area contributed by atoms with Gasteiger partial charge in [0.2, 0.25) is 11.8 Å². The maximum atomic E-state index is 14.5. The molecule has 0 bridgehead atoms. The Morgan fingerprint density at radius 3 is 2.79 bits per heavy atom. The second-order valence-electron chi connectivity index (χ2n) is 11.0.